The molecule has 144 valence electrons. The summed E-state index contributed by atoms with van der Waals surface area (Å²) in [5, 5.41) is 5.32. The van der Waals surface area contributed by atoms with Crippen LogP contribution < -0.4 is 21.5 Å². The molecule has 2 aromatic rings. The molecule has 0 saturated carbocycles. The number of sulfone groups is 1. The first-order valence-corrected chi connectivity index (χ1v) is 9.65. The molecule has 4 N–H and O–H groups in total. The Kier molecular flexibility index (Phi) is 5.68. The molecule has 0 atom stereocenters. The van der Waals surface area contributed by atoms with Crippen LogP contribution in [0.2, 0.25) is 0 Å². The summed E-state index contributed by atoms with van der Waals surface area (Å²) >= 11 is 0. The second-order valence-electron chi connectivity index (χ2n) is 6.10. The second-order valence-corrected chi connectivity index (χ2v) is 8.05. The molecule has 1 fully saturated rings. The lowest BCUT2D eigenvalue weighted by Gasteiger charge is -2.11. The van der Waals surface area contributed by atoms with Gasteiger partial charge in [-0.25, -0.2) is 22.0 Å². The summed E-state index contributed by atoms with van der Waals surface area (Å²) in [5.74, 6) is -1.66. The molecule has 0 aliphatic carbocycles. The fraction of sp³-hybridized carbons (Fsp3) is 0.235. The number of anilines is 1. The number of hydrazine groups is 1. The molecule has 7 nitrogen and oxygen atoms in total. The zero-order valence-corrected chi connectivity index (χ0v) is 14.9. The summed E-state index contributed by atoms with van der Waals surface area (Å²) in [6.45, 7) is 2.00. The predicted molar refractivity (Wildman–Crippen MR) is 94.8 cm³/mol. The first-order chi connectivity index (χ1) is 12.8. The highest BCUT2D eigenvalue weighted by atomic mass is 32.2. The molecule has 0 spiro atoms. The number of urea groups is 1. The number of halogens is 2. The number of benzene rings is 2. The van der Waals surface area contributed by atoms with E-state index in [1.165, 1.54) is 24.3 Å². The van der Waals surface area contributed by atoms with Crippen LogP contribution in [-0.2, 0) is 9.84 Å². The Hall–Kier alpha value is -2.56. The van der Waals surface area contributed by atoms with E-state index in [1.54, 1.807) is 0 Å². The van der Waals surface area contributed by atoms with E-state index in [9.17, 15) is 22.0 Å². The highest BCUT2D eigenvalue weighted by molar-refractivity contribution is 7.91. The highest BCUT2D eigenvalue weighted by Gasteiger charge is 2.20. The summed E-state index contributed by atoms with van der Waals surface area (Å²) in [4.78, 5) is 11.3. The van der Waals surface area contributed by atoms with Crippen molar-refractivity contribution in [3.8, 4) is 0 Å². The maximum atomic E-state index is 13.3. The Labute approximate surface area is 155 Å². The van der Waals surface area contributed by atoms with Crippen molar-refractivity contribution in [2.45, 2.75) is 9.79 Å². The monoisotopic (exact) mass is 396 g/mol. The normalized spacial score (nSPS) is 14.9. The van der Waals surface area contributed by atoms with Crippen LogP contribution in [0.4, 0.5) is 19.3 Å². The van der Waals surface area contributed by atoms with E-state index in [0.29, 0.717) is 18.3 Å². The van der Waals surface area contributed by atoms with E-state index >= 15 is 0 Å². The molecular weight excluding hydrogens is 378 g/mol. The van der Waals surface area contributed by atoms with Crippen LogP contribution in [-0.4, -0.2) is 34.1 Å². The first kappa shape index (κ1) is 19.2. The van der Waals surface area contributed by atoms with Crippen molar-refractivity contribution in [3.05, 3.63) is 54.1 Å². The largest absolute Gasteiger partial charge is 0.337 e. The van der Waals surface area contributed by atoms with Gasteiger partial charge in [0.15, 0.2) is 0 Å². The maximum absolute atomic E-state index is 13.3. The van der Waals surface area contributed by atoms with E-state index in [1.807, 2.05) is 0 Å². The van der Waals surface area contributed by atoms with Gasteiger partial charge in [0.25, 0.3) is 0 Å². The summed E-state index contributed by atoms with van der Waals surface area (Å²) in [6.07, 6.45) is 0. The van der Waals surface area contributed by atoms with Crippen LogP contribution in [0.15, 0.2) is 52.3 Å². The molecule has 1 aliphatic heterocycles. The summed E-state index contributed by atoms with van der Waals surface area (Å²) < 4.78 is 51.6. The number of hydrogen-bond acceptors (Lipinski definition) is 5. The van der Waals surface area contributed by atoms with Gasteiger partial charge in [0.1, 0.15) is 11.6 Å². The Morgan fingerprint density at radius 2 is 1.59 bits per heavy atom. The van der Waals surface area contributed by atoms with Gasteiger partial charge in [0.2, 0.25) is 9.84 Å². The van der Waals surface area contributed by atoms with Crippen LogP contribution in [0.3, 0.4) is 0 Å². The lowest BCUT2D eigenvalue weighted by atomic mass is 10.2. The molecule has 0 bridgehead atoms. The van der Waals surface area contributed by atoms with Gasteiger partial charge in [-0.05, 0) is 36.4 Å². The molecule has 1 heterocycles. The summed E-state index contributed by atoms with van der Waals surface area (Å²) in [6, 6.07) is 7.03. The van der Waals surface area contributed by atoms with E-state index < -0.39 is 32.4 Å². The second kappa shape index (κ2) is 7.99. The van der Waals surface area contributed by atoms with Crippen LogP contribution in [0, 0.1) is 17.6 Å². The van der Waals surface area contributed by atoms with Crippen molar-refractivity contribution in [2.24, 2.45) is 5.92 Å². The van der Waals surface area contributed by atoms with Crippen molar-refractivity contribution in [1.82, 2.24) is 16.2 Å². The average Bonchev–Trinajstić information content (AvgIpc) is 3.13. The topological polar surface area (TPSA) is 99.3 Å². The van der Waals surface area contributed by atoms with Gasteiger partial charge in [0, 0.05) is 37.3 Å². The van der Waals surface area contributed by atoms with Crippen LogP contribution in [0.1, 0.15) is 0 Å². The van der Waals surface area contributed by atoms with Gasteiger partial charge in [0.05, 0.1) is 9.79 Å². The number of carbonyl (C=O) groups is 1. The van der Waals surface area contributed by atoms with E-state index in [4.69, 9.17) is 0 Å². The minimum Gasteiger partial charge on any atom is -0.337 e. The summed E-state index contributed by atoms with van der Waals surface area (Å²) in [5.41, 5.74) is 6.31. The van der Waals surface area contributed by atoms with Crippen molar-refractivity contribution in [3.63, 3.8) is 0 Å². The Balaban J connectivity index is 1.66. The zero-order chi connectivity index (χ0) is 19.4. The smallest absolute Gasteiger partial charge is 0.319 e. The fourth-order valence-corrected chi connectivity index (χ4v) is 3.90. The van der Waals surface area contributed by atoms with Crippen LogP contribution in [0.5, 0.6) is 0 Å². The van der Waals surface area contributed by atoms with E-state index in [0.717, 1.165) is 25.2 Å². The average molecular weight is 396 g/mol. The fourth-order valence-electron chi connectivity index (χ4n) is 2.60. The Morgan fingerprint density at radius 3 is 2.19 bits per heavy atom. The molecule has 1 aliphatic rings. The number of nitrogens with one attached hydrogen (secondary N) is 4. The number of rotatable bonds is 5. The van der Waals surface area contributed by atoms with Gasteiger partial charge in [-0.1, -0.05) is 0 Å². The SMILES string of the molecule is O=C(NCC1CNNC1)Nc1ccc(S(=O)(=O)c2cc(F)cc(F)c2)cc1. The van der Waals surface area contributed by atoms with E-state index in [-0.39, 0.29) is 10.8 Å². The zero-order valence-electron chi connectivity index (χ0n) is 14.1. The predicted octanol–water partition coefficient (Wildman–Crippen LogP) is 1.64. The molecule has 10 heteroatoms. The van der Waals surface area contributed by atoms with Gasteiger partial charge >= 0.3 is 6.03 Å². The number of amides is 2. The van der Waals surface area contributed by atoms with Gasteiger partial charge in [-0.2, -0.15) is 0 Å². The Bertz CT molecular complexity index is 909. The molecule has 2 aromatic carbocycles. The maximum Gasteiger partial charge on any atom is 0.319 e. The van der Waals surface area contributed by atoms with Crippen molar-refractivity contribution in [1.29, 1.82) is 0 Å². The van der Waals surface area contributed by atoms with Crippen molar-refractivity contribution < 1.29 is 22.0 Å². The third kappa shape index (κ3) is 4.79. The molecular formula is C17H18F2N4O3S. The molecule has 2 amide bonds. The van der Waals surface area contributed by atoms with Gasteiger partial charge in [-0.15, -0.1) is 0 Å². The van der Waals surface area contributed by atoms with Crippen molar-refractivity contribution in [2.75, 3.05) is 25.0 Å². The van der Waals surface area contributed by atoms with Crippen molar-refractivity contribution >= 4 is 21.6 Å². The molecule has 0 unspecified atom stereocenters. The Morgan fingerprint density at radius 1 is 1.00 bits per heavy atom. The standard InChI is InChI=1S/C17H18F2N4O3S/c18-12-5-13(19)7-16(6-12)27(25,26)15-3-1-14(2-4-15)23-17(24)20-8-11-9-21-22-10-11/h1-7,11,21-22H,8-10H2,(H2,20,23,24). The lowest BCUT2D eigenvalue weighted by molar-refractivity contribution is 0.250. The molecule has 3 rings (SSSR count). The quantitative estimate of drug-likeness (QED) is 0.616. The third-order valence-corrected chi connectivity index (χ3v) is 5.78. The third-order valence-electron chi connectivity index (χ3n) is 4.03. The molecule has 27 heavy (non-hydrogen) atoms. The highest BCUT2D eigenvalue weighted by Crippen LogP contribution is 2.23. The van der Waals surface area contributed by atoms with Gasteiger partial charge in [-0.3, -0.25) is 10.9 Å². The number of carbonyl (C=O) groups excluding carboxylic acids is 1. The minimum atomic E-state index is -4.07. The molecule has 1 saturated heterocycles. The lowest BCUT2D eigenvalue weighted by Crippen LogP contribution is -2.34. The van der Waals surface area contributed by atoms with Crippen LogP contribution in [0.25, 0.3) is 0 Å². The first-order valence-electron chi connectivity index (χ1n) is 8.16. The number of hydrogen-bond donors (Lipinski definition) is 4. The van der Waals surface area contributed by atoms with Gasteiger partial charge < -0.3 is 10.6 Å². The summed E-state index contributed by atoms with van der Waals surface area (Å²) in [7, 11) is -4.07. The van der Waals surface area contributed by atoms with Crippen LogP contribution >= 0.6 is 0 Å². The molecule has 0 radical (unpaired) electrons. The molecule has 0 aromatic heterocycles. The minimum absolute atomic E-state index is 0.137. The van der Waals surface area contributed by atoms with E-state index in [2.05, 4.69) is 21.5 Å².